The van der Waals surface area contributed by atoms with Crippen LogP contribution in [0.15, 0.2) is 60.7 Å². The Morgan fingerprint density at radius 3 is 1.06 bits per heavy atom. The lowest BCUT2D eigenvalue weighted by Gasteiger charge is -1.98. The molecular weight excluding hydrogens is 208 g/mol. The Morgan fingerprint density at radius 2 is 0.812 bits per heavy atom. The van der Waals surface area contributed by atoms with Gasteiger partial charge in [-0.25, -0.2) is 0 Å². The van der Waals surface area contributed by atoms with Crippen LogP contribution in [0.5, 0.6) is 0 Å². The molecule has 2 aromatic rings. The zero-order chi connectivity index (χ0) is 11.8. The van der Waals surface area contributed by atoms with Gasteiger partial charge in [-0.15, -0.1) is 0 Å². The third-order valence-electron chi connectivity index (χ3n) is 1.88. The van der Waals surface area contributed by atoms with Gasteiger partial charge < -0.3 is 0 Å². The van der Waals surface area contributed by atoms with E-state index in [-0.39, 0.29) is 8.80 Å². The first-order valence-electron chi connectivity index (χ1n) is 5.80. The lowest BCUT2D eigenvalue weighted by molar-refractivity contribution is 1.62. The average Bonchev–Trinajstić information content (AvgIpc) is 2.31. The van der Waals surface area contributed by atoms with Crippen molar-refractivity contribution in [2.75, 3.05) is 0 Å². The van der Waals surface area contributed by atoms with Crippen molar-refractivity contribution in [1.29, 1.82) is 0 Å². The van der Waals surface area contributed by atoms with E-state index in [2.05, 4.69) is 68.2 Å². The van der Waals surface area contributed by atoms with Gasteiger partial charge in [0.2, 0.25) is 0 Å². The van der Waals surface area contributed by atoms with Crippen molar-refractivity contribution in [3.8, 4) is 11.1 Å². The van der Waals surface area contributed by atoms with Crippen LogP contribution in [0.4, 0.5) is 0 Å². The molecule has 0 N–H and O–H groups in total. The van der Waals surface area contributed by atoms with E-state index in [1.807, 2.05) is 12.1 Å². The van der Waals surface area contributed by atoms with E-state index in [0.29, 0.717) is 0 Å². The second-order valence-corrected chi connectivity index (χ2v) is 7.93. The van der Waals surface area contributed by atoms with Crippen LogP contribution in [0, 0.1) is 0 Å². The Balaban J connectivity index is 0.000000280. The topological polar surface area (TPSA) is 0 Å². The van der Waals surface area contributed by atoms with E-state index in [1.54, 1.807) is 0 Å². The minimum absolute atomic E-state index is 0.139. The fourth-order valence-corrected chi connectivity index (χ4v) is 1.26. The molecule has 0 nitrogen and oxygen atoms in total. The fraction of sp³-hybridized carbons (Fsp3) is 0.200. The van der Waals surface area contributed by atoms with Crippen LogP contribution in [-0.4, -0.2) is 8.80 Å². The second kappa shape index (κ2) is 7.02. The predicted molar refractivity (Wildman–Crippen MR) is 76.6 cm³/mol. The maximum absolute atomic E-state index is 2.31. The van der Waals surface area contributed by atoms with Crippen LogP contribution in [0.25, 0.3) is 11.1 Å². The maximum Gasteiger partial charge on any atom is 0.0274 e. The Hall–Kier alpha value is -1.34. The van der Waals surface area contributed by atoms with E-state index in [4.69, 9.17) is 0 Å². The number of rotatable bonds is 1. The molecule has 0 aliphatic heterocycles. The molecule has 0 saturated carbocycles. The molecule has 2 rings (SSSR count). The molecule has 2 aromatic carbocycles. The molecular formula is C15H20Si. The molecule has 0 aromatic heterocycles. The summed E-state index contributed by atoms with van der Waals surface area (Å²) in [5, 5.41) is 0. The van der Waals surface area contributed by atoms with Crippen molar-refractivity contribution in [2.24, 2.45) is 0 Å². The van der Waals surface area contributed by atoms with Gasteiger partial charge in [0.15, 0.2) is 0 Å². The molecule has 0 heterocycles. The van der Waals surface area contributed by atoms with E-state index in [1.165, 1.54) is 11.1 Å². The van der Waals surface area contributed by atoms with Crippen molar-refractivity contribution < 1.29 is 0 Å². The van der Waals surface area contributed by atoms with Crippen molar-refractivity contribution >= 4 is 8.80 Å². The molecule has 0 aliphatic rings. The summed E-state index contributed by atoms with van der Waals surface area (Å²) in [6.45, 7) is 6.92. The smallest absolute Gasteiger partial charge is 0.0274 e. The average molecular weight is 228 g/mol. The molecule has 84 valence electrons. The number of hydrogen-bond donors (Lipinski definition) is 0. The quantitative estimate of drug-likeness (QED) is 0.632. The molecule has 0 atom stereocenters. The van der Waals surface area contributed by atoms with Gasteiger partial charge in [-0.1, -0.05) is 80.3 Å². The van der Waals surface area contributed by atoms with Gasteiger partial charge in [0.05, 0.1) is 0 Å². The molecule has 0 unspecified atom stereocenters. The normalized spacial score (nSPS) is 9.50. The zero-order valence-electron chi connectivity index (χ0n) is 10.4. The molecule has 0 spiro atoms. The van der Waals surface area contributed by atoms with Crippen LogP contribution in [0.2, 0.25) is 19.6 Å². The molecule has 0 bridgehead atoms. The van der Waals surface area contributed by atoms with Crippen LogP contribution in [0.1, 0.15) is 0 Å². The molecule has 16 heavy (non-hydrogen) atoms. The van der Waals surface area contributed by atoms with Crippen molar-refractivity contribution in [2.45, 2.75) is 19.6 Å². The first-order valence-corrected chi connectivity index (χ1v) is 9.27. The summed E-state index contributed by atoms with van der Waals surface area (Å²) >= 11 is 0. The third-order valence-corrected chi connectivity index (χ3v) is 1.88. The van der Waals surface area contributed by atoms with E-state index < -0.39 is 0 Å². The van der Waals surface area contributed by atoms with E-state index >= 15 is 0 Å². The molecule has 0 amide bonds. The SMILES string of the molecule is C[SiH](C)C.c1ccc(-c2ccccc2)cc1. The summed E-state index contributed by atoms with van der Waals surface area (Å²) in [6.07, 6.45) is 0. The van der Waals surface area contributed by atoms with Gasteiger partial charge in [-0.3, -0.25) is 0 Å². The number of benzene rings is 2. The first kappa shape index (κ1) is 12.7. The largest absolute Gasteiger partial charge is 0.0724 e. The summed E-state index contributed by atoms with van der Waals surface area (Å²) in [6, 6.07) is 20.8. The van der Waals surface area contributed by atoms with Gasteiger partial charge in [0.1, 0.15) is 0 Å². The van der Waals surface area contributed by atoms with Gasteiger partial charge in [-0.05, 0) is 11.1 Å². The van der Waals surface area contributed by atoms with Gasteiger partial charge in [0.25, 0.3) is 0 Å². The first-order chi connectivity index (χ1) is 7.70. The van der Waals surface area contributed by atoms with Crippen LogP contribution in [0.3, 0.4) is 0 Å². The molecule has 1 heteroatoms. The van der Waals surface area contributed by atoms with Gasteiger partial charge >= 0.3 is 0 Å². The summed E-state index contributed by atoms with van der Waals surface area (Å²) in [4.78, 5) is 0. The van der Waals surface area contributed by atoms with Crippen molar-refractivity contribution in [3.63, 3.8) is 0 Å². The maximum atomic E-state index is 2.31. The monoisotopic (exact) mass is 228 g/mol. The summed E-state index contributed by atoms with van der Waals surface area (Å²) in [7, 11) is -0.139. The van der Waals surface area contributed by atoms with Crippen LogP contribution < -0.4 is 0 Å². The Morgan fingerprint density at radius 1 is 0.562 bits per heavy atom. The summed E-state index contributed by atoms with van der Waals surface area (Å²) in [5.41, 5.74) is 2.55. The third kappa shape index (κ3) is 4.94. The van der Waals surface area contributed by atoms with E-state index in [0.717, 1.165) is 0 Å². The van der Waals surface area contributed by atoms with Crippen LogP contribution >= 0.6 is 0 Å². The zero-order valence-corrected chi connectivity index (χ0v) is 11.5. The Labute approximate surface area is 101 Å². The van der Waals surface area contributed by atoms with Crippen LogP contribution in [-0.2, 0) is 0 Å². The summed E-state index contributed by atoms with van der Waals surface area (Å²) in [5.74, 6) is 0. The molecule has 0 aliphatic carbocycles. The summed E-state index contributed by atoms with van der Waals surface area (Å²) < 4.78 is 0. The lowest BCUT2D eigenvalue weighted by Crippen LogP contribution is -1.84. The highest BCUT2D eigenvalue weighted by molar-refractivity contribution is 6.54. The minimum Gasteiger partial charge on any atom is -0.0724 e. The highest BCUT2D eigenvalue weighted by atomic mass is 28.3. The fourth-order valence-electron chi connectivity index (χ4n) is 1.26. The highest BCUT2D eigenvalue weighted by Gasteiger charge is 1.91. The Bertz CT molecular complexity index is 338. The highest BCUT2D eigenvalue weighted by Crippen LogP contribution is 2.17. The van der Waals surface area contributed by atoms with Crippen molar-refractivity contribution in [1.82, 2.24) is 0 Å². The van der Waals surface area contributed by atoms with Gasteiger partial charge in [-0.2, -0.15) is 0 Å². The molecule has 0 saturated heterocycles. The Kier molecular flexibility index (Phi) is 5.58. The number of hydrogen-bond acceptors (Lipinski definition) is 0. The lowest BCUT2D eigenvalue weighted by atomic mass is 10.1. The van der Waals surface area contributed by atoms with E-state index in [9.17, 15) is 0 Å². The predicted octanol–water partition coefficient (Wildman–Crippen LogP) is 4.46. The second-order valence-electron chi connectivity index (χ2n) is 4.46. The minimum atomic E-state index is -0.139. The van der Waals surface area contributed by atoms with Gasteiger partial charge in [0, 0.05) is 8.80 Å². The van der Waals surface area contributed by atoms with Crippen molar-refractivity contribution in [3.05, 3.63) is 60.7 Å². The molecule has 0 fully saturated rings. The standard InChI is InChI=1S/C12H10.C3H10Si/c1-3-7-11(8-4-1)12-9-5-2-6-10-12;1-4(2)3/h1-10H;4H,1-3H3. The molecule has 0 radical (unpaired) electrons.